The van der Waals surface area contributed by atoms with Crippen LogP contribution in [0.5, 0.6) is 0 Å². The molecular formula is C99H66Ag2AuN13O2Si-8. The molecule has 12 aromatic carbocycles. The number of aromatic nitrogens is 9. The number of hydrogen-bond acceptors (Lipinski definition) is 9. The van der Waals surface area contributed by atoms with Crippen molar-refractivity contribution < 1.29 is 76.0 Å². The van der Waals surface area contributed by atoms with Gasteiger partial charge in [-0.2, -0.15) is 77.4 Å². The first-order valence-electron chi connectivity index (χ1n) is 37.9. The average molecular weight is 1910 g/mol. The van der Waals surface area contributed by atoms with Crippen molar-refractivity contribution in [3.8, 4) is 62.2 Å². The van der Waals surface area contributed by atoms with Crippen LogP contribution in [0, 0.1) is 48.8 Å². The van der Waals surface area contributed by atoms with E-state index in [1.54, 1.807) is 0 Å². The molecule has 1 N–H and O–H groups in total. The van der Waals surface area contributed by atoms with Crippen LogP contribution in [0.2, 0.25) is 0 Å². The Hall–Kier alpha value is -12.9. The van der Waals surface area contributed by atoms with E-state index in [1.165, 1.54) is 15.8 Å². The summed E-state index contributed by atoms with van der Waals surface area (Å²) < 4.78 is 27.8. The summed E-state index contributed by atoms with van der Waals surface area (Å²) in [5.41, 5.74) is 24.0. The van der Waals surface area contributed by atoms with Crippen molar-refractivity contribution in [3.05, 3.63) is 371 Å². The number of anilines is 9. The minimum absolute atomic E-state index is 0. The summed E-state index contributed by atoms with van der Waals surface area (Å²) in [5.74, 6) is 1.43. The molecule has 2 aliphatic rings. The third-order valence-corrected chi connectivity index (χ3v) is 24.1. The second kappa shape index (κ2) is 31.9. The number of aryl methyl sites for hydroxylation is 3. The molecule has 0 atom stereocenters. The summed E-state index contributed by atoms with van der Waals surface area (Å²) >= 11 is 0. The van der Waals surface area contributed by atoms with Gasteiger partial charge in [-0.1, -0.05) is 180 Å². The number of para-hydroxylation sites is 6. The van der Waals surface area contributed by atoms with Gasteiger partial charge in [-0.3, -0.25) is 9.88 Å². The van der Waals surface area contributed by atoms with E-state index in [2.05, 4.69) is 292 Å². The Bertz CT molecular complexity index is 7220. The van der Waals surface area contributed by atoms with Gasteiger partial charge in [-0.05, 0) is 114 Å². The van der Waals surface area contributed by atoms with Crippen LogP contribution in [-0.2, 0) is 88.3 Å². The number of nitrogens with one attached hydrogen (secondary N) is 1. The Morgan fingerprint density at radius 3 is 1.93 bits per heavy atom. The Kier molecular flexibility index (Phi) is 20.7. The van der Waals surface area contributed by atoms with Crippen LogP contribution >= 0.6 is 0 Å². The van der Waals surface area contributed by atoms with E-state index in [-0.39, 0.29) is 67.1 Å². The fourth-order valence-corrected chi connectivity index (χ4v) is 18.9. The first-order chi connectivity index (χ1) is 56.7. The van der Waals surface area contributed by atoms with Crippen molar-refractivity contribution in [1.29, 1.82) is 0 Å². The molecule has 11 heterocycles. The predicted molar refractivity (Wildman–Crippen MR) is 462 cm³/mol. The molecule has 584 valence electrons. The molecule has 19 heteroatoms. The summed E-state index contributed by atoms with van der Waals surface area (Å²) in [6.45, 7) is 0. The molecular weight excluding hydrogens is 1840 g/mol. The fraction of sp³-hybridized carbons (Fsp3) is 0.0404. The monoisotopic (exact) mass is 1910 g/mol. The maximum absolute atomic E-state index is 6.89. The predicted octanol–water partition coefficient (Wildman–Crippen LogP) is 21.4. The number of fused-ring (bicyclic) bond motifs is 12. The fourth-order valence-electron chi connectivity index (χ4n) is 16.2. The van der Waals surface area contributed by atoms with E-state index in [1.807, 2.05) is 155 Å². The number of pyridine rings is 1. The van der Waals surface area contributed by atoms with Crippen LogP contribution in [0.25, 0.3) is 128 Å². The zero-order valence-electron chi connectivity index (χ0n) is 63.7. The third kappa shape index (κ3) is 13.4. The van der Waals surface area contributed by atoms with E-state index >= 15 is 0 Å². The van der Waals surface area contributed by atoms with Gasteiger partial charge in [-0.25, -0.2) is 16.1 Å². The minimum Gasteiger partial charge on any atom is -0.479 e. The standard InChI is InChI=1S/C46H34N7OSi.C29H17N2.C24H15N4O.2Ag.Au/c1-49-27-26-33-34(29-50(2)45(33)49)30-22-24-39-41(28-30)52(40-21-13-12-20-38(40)51(39)3)46-48-43-42(54-46)25-23-36-44(43)53(37-19-11-10-18-35(37)47-36)55(31-14-6-4-7-15-31)32-16-8-5-9-17-32;1-3-10-21(11-4-1)23-18-19-25-24-14-7-8-16-27(24)31(28(25)20-23)29-17-9-15-26(30-29)22-12-5-2-6-13-22;1-26-16-20(19-9-2-3-10-21(19)26)24-25-23-22(29-24)11-14-28(23)18-8-6-7-17(15-18)27-12-4-5-13-27;;;/h4-25,27,29,47H,1-3H3;1-10,12,14-19H;2-12,14H,1H3;;;/q-2;2*-3;;;. The second-order valence-corrected chi connectivity index (χ2v) is 30.7. The summed E-state index contributed by atoms with van der Waals surface area (Å²) in [7, 11) is 6.61. The van der Waals surface area contributed by atoms with Crippen molar-refractivity contribution in [2.24, 2.45) is 21.1 Å². The SMILES string of the molecule is CN1c2ccc(-c3cn(C)c4c3[c-]cn4C)[c-]c2N(c2nc3c4c(ccc3o2)Nc2ccccc2N4[Si](c2ccccc2)c2ccccc2)c2ccccc21.Cn1[c-]c(-c2nc3c(ccn3-c3[c-]c(-n4[c-]ccc4)ccc3)o2)c2ccccc21.[Ag].[Ag].[Au].[c-]1ccccc1-c1[c-]c2c(cc1)c1ccccc1n2-c1cccc(-c2[c-]cccc2)n1. The quantitative estimate of drug-likeness (QED) is 0.0998. The molecule has 21 aromatic rings. The summed E-state index contributed by atoms with van der Waals surface area (Å²) in [4.78, 5) is 19.6. The molecule has 23 rings (SSSR count). The Morgan fingerprint density at radius 1 is 0.466 bits per heavy atom. The second-order valence-electron chi connectivity index (χ2n) is 28.4. The largest absolute Gasteiger partial charge is 0.479 e. The molecule has 0 unspecified atom stereocenters. The summed E-state index contributed by atoms with van der Waals surface area (Å²) in [5, 5.41) is 10.8. The van der Waals surface area contributed by atoms with Gasteiger partial charge in [0.05, 0.1) is 34.1 Å². The molecule has 0 fully saturated rings. The molecule has 0 bridgehead atoms. The molecule has 0 saturated heterocycles. The zero-order valence-corrected chi connectivity index (χ0v) is 69.8. The van der Waals surface area contributed by atoms with Gasteiger partial charge in [0.2, 0.25) is 8.96 Å². The first-order valence-corrected chi connectivity index (χ1v) is 39.3. The number of nitrogens with zero attached hydrogens (tertiary/aromatic N) is 12. The number of hydrogen-bond donors (Lipinski definition) is 1. The van der Waals surface area contributed by atoms with E-state index in [0.717, 1.165) is 157 Å². The van der Waals surface area contributed by atoms with Gasteiger partial charge >= 0.3 is 6.01 Å². The molecule has 0 saturated carbocycles. The van der Waals surface area contributed by atoms with Crippen LogP contribution in [0.4, 0.5) is 51.5 Å². The van der Waals surface area contributed by atoms with Crippen molar-refractivity contribution in [1.82, 2.24) is 42.4 Å². The molecule has 0 amide bonds. The summed E-state index contributed by atoms with van der Waals surface area (Å²) in [6, 6.07) is 123. The van der Waals surface area contributed by atoms with Crippen LogP contribution in [0.1, 0.15) is 0 Å². The number of benzene rings is 12. The normalized spacial score (nSPS) is 12.0. The third-order valence-electron chi connectivity index (χ3n) is 21.4. The first kappa shape index (κ1) is 76.4. The Balaban J connectivity index is 0.000000130. The zero-order chi connectivity index (χ0) is 76.8. The van der Waals surface area contributed by atoms with Crippen LogP contribution in [-0.4, -0.2) is 58.4 Å². The van der Waals surface area contributed by atoms with Gasteiger partial charge in [0.15, 0.2) is 16.8 Å². The van der Waals surface area contributed by atoms with Crippen molar-refractivity contribution in [2.75, 3.05) is 26.7 Å². The molecule has 4 radical (unpaired) electrons. The van der Waals surface area contributed by atoms with Gasteiger partial charge in [-0.15, -0.1) is 107 Å². The number of rotatable bonds is 11. The number of oxazole rings is 2. The smallest absolute Gasteiger partial charge is 0.306 e. The van der Waals surface area contributed by atoms with Crippen LogP contribution in [0.15, 0.2) is 331 Å². The van der Waals surface area contributed by atoms with Crippen LogP contribution in [0.3, 0.4) is 0 Å². The molecule has 0 spiro atoms. The average Bonchev–Trinajstić information content (AvgIpc) is 1.19. The van der Waals surface area contributed by atoms with Gasteiger partial charge in [0.25, 0.3) is 0 Å². The Labute approximate surface area is 729 Å². The molecule has 0 aliphatic carbocycles. The summed E-state index contributed by atoms with van der Waals surface area (Å²) in [6.07, 6.45) is 14.5. The van der Waals surface area contributed by atoms with E-state index in [4.69, 9.17) is 23.8 Å². The molecule has 118 heavy (non-hydrogen) atoms. The molecule has 15 nitrogen and oxygen atoms in total. The minimum atomic E-state index is -1.60. The van der Waals surface area contributed by atoms with Crippen LogP contribution < -0.4 is 30.1 Å². The van der Waals surface area contributed by atoms with E-state index < -0.39 is 8.96 Å². The van der Waals surface area contributed by atoms with Gasteiger partial charge in [0.1, 0.15) is 17.2 Å². The van der Waals surface area contributed by atoms with Crippen molar-refractivity contribution >= 4 is 137 Å². The van der Waals surface area contributed by atoms with Gasteiger partial charge in [0, 0.05) is 97.6 Å². The van der Waals surface area contributed by atoms with Gasteiger partial charge < -0.3 is 51.0 Å². The molecule has 9 aromatic heterocycles. The van der Waals surface area contributed by atoms with Crippen molar-refractivity contribution in [3.63, 3.8) is 0 Å². The maximum Gasteiger partial charge on any atom is 0.306 e. The van der Waals surface area contributed by atoms with E-state index in [9.17, 15) is 0 Å². The maximum atomic E-state index is 6.89. The van der Waals surface area contributed by atoms with E-state index in [0.29, 0.717) is 17.5 Å². The van der Waals surface area contributed by atoms with Crippen molar-refractivity contribution in [2.45, 2.75) is 0 Å². The topological polar surface area (TPSA) is 116 Å². The molecule has 2 aliphatic heterocycles. The Morgan fingerprint density at radius 2 is 1.16 bits per heavy atom.